The van der Waals surface area contributed by atoms with Crippen molar-refractivity contribution < 1.29 is 14.3 Å². The molecule has 1 aliphatic rings. The predicted molar refractivity (Wildman–Crippen MR) is 123 cm³/mol. The van der Waals surface area contributed by atoms with Crippen molar-refractivity contribution in [2.75, 3.05) is 0 Å². The van der Waals surface area contributed by atoms with Crippen LogP contribution in [0.5, 0.6) is 0 Å². The molecule has 0 saturated heterocycles. The van der Waals surface area contributed by atoms with Crippen molar-refractivity contribution in [2.45, 2.75) is 91.1 Å². The topological polar surface area (TPSA) is 43.4 Å². The van der Waals surface area contributed by atoms with Gasteiger partial charge in [-0.15, -0.1) is 0 Å². The Morgan fingerprint density at radius 2 is 1.87 bits per heavy atom. The van der Waals surface area contributed by atoms with Crippen LogP contribution in [0.3, 0.4) is 0 Å². The van der Waals surface area contributed by atoms with Gasteiger partial charge in [-0.05, 0) is 55.9 Å². The zero-order chi connectivity index (χ0) is 22.1. The Balaban J connectivity index is 2.02. The summed E-state index contributed by atoms with van der Waals surface area (Å²) in [5.74, 6) is -0.258. The third kappa shape index (κ3) is 6.55. The SMILES string of the molecule is CC/C=C/CCCC(=O)C(C)C(=O)O[C@@H]1C[C@H](C)CC[C@H]1C(C)(C)c1ccccc1. The number of hydrogen-bond donors (Lipinski definition) is 0. The number of ether oxygens (including phenoxy) is 1. The molecule has 0 radical (unpaired) electrons. The van der Waals surface area contributed by atoms with Crippen LogP contribution in [0.25, 0.3) is 0 Å². The molecule has 2 rings (SSSR count). The molecule has 1 fully saturated rings. The molecule has 1 aromatic rings. The zero-order valence-electron chi connectivity index (χ0n) is 19.5. The highest BCUT2D eigenvalue weighted by Crippen LogP contribution is 2.43. The van der Waals surface area contributed by atoms with E-state index in [4.69, 9.17) is 4.74 Å². The highest BCUT2D eigenvalue weighted by Gasteiger charge is 2.42. The molecule has 0 spiro atoms. The summed E-state index contributed by atoms with van der Waals surface area (Å²) >= 11 is 0. The van der Waals surface area contributed by atoms with E-state index in [1.54, 1.807) is 6.92 Å². The molecule has 1 aromatic carbocycles. The number of esters is 1. The molecule has 0 aromatic heterocycles. The molecule has 0 amide bonds. The van der Waals surface area contributed by atoms with Crippen LogP contribution in [0.4, 0.5) is 0 Å². The number of carbonyl (C=O) groups excluding carboxylic acids is 2. The molecular weight excluding hydrogens is 372 g/mol. The van der Waals surface area contributed by atoms with E-state index in [-0.39, 0.29) is 29.2 Å². The predicted octanol–water partition coefficient (Wildman–Crippen LogP) is 6.65. The minimum atomic E-state index is -0.683. The molecule has 1 aliphatic carbocycles. The second kappa shape index (κ2) is 11.5. The first kappa shape index (κ1) is 24.4. The lowest BCUT2D eigenvalue weighted by molar-refractivity contribution is -0.162. The standard InChI is InChI=1S/C27H40O3/c1-6-7-8-9-13-16-24(28)21(3)26(29)30-25-19-20(2)17-18-23(25)27(4,5)22-14-11-10-12-15-22/h7-8,10-12,14-15,20-21,23,25H,6,9,13,16-19H2,1-5H3/b8-7+/t20-,21?,23-,25-/m1/s1. The summed E-state index contributed by atoms with van der Waals surface area (Å²) in [5, 5.41) is 0. The minimum Gasteiger partial charge on any atom is -0.462 e. The first-order valence-corrected chi connectivity index (χ1v) is 11.7. The fourth-order valence-corrected chi connectivity index (χ4v) is 4.64. The van der Waals surface area contributed by atoms with Crippen LogP contribution < -0.4 is 0 Å². The number of carbonyl (C=O) groups is 2. The smallest absolute Gasteiger partial charge is 0.316 e. The number of Topliss-reactive ketones (excluding diaryl/α,β-unsaturated/α-hetero) is 1. The molecule has 0 N–H and O–H groups in total. The van der Waals surface area contributed by atoms with Crippen LogP contribution in [0.15, 0.2) is 42.5 Å². The van der Waals surface area contributed by atoms with E-state index in [9.17, 15) is 9.59 Å². The van der Waals surface area contributed by atoms with Crippen molar-refractivity contribution in [3.63, 3.8) is 0 Å². The maximum absolute atomic E-state index is 12.8. The summed E-state index contributed by atoms with van der Waals surface area (Å²) in [7, 11) is 0. The number of rotatable bonds is 10. The van der Waals surface area contributed by atoms with Gasteiger partial charge in [0.25, 0.3) is 0 Å². The molecule has 0 bridgehead atoms. The van der Waals surface area contributed by atoms with Crippen molar-refractivity contribution in [1.82, 2.24) is 0 Å². The third-order valence-corrected chi connectivity index (χ3v) is 6.80. The lowest BCUT2D eigenvalue weighted by Gasteiger charge is -2.44. The summed E-state index contributed by atoms with van der Waals surface area (Å²) in [6, 6.07) is 10.5. The molecule has 30 heavy (non-hydrogen) atoms. The van der Waals surface area contributed by atoms with Crippen molar-refractivity contribution in [2.24, 2.45) is 17.8 Å². The first-order valence-electron chi connectivity index (χ1n) is 11.7. The average Bonchev–Trinajstić information content (AvgIpc) is 2.73. The number of hydrogen-bond acceptors (Lipinski definition) is 3. The highest BCUT2D eigenvalue weighted by molar-refractivity contribution is 5.98. The second-order valence-electron chi connectivity index (χ2n) is 9.55. The lowest BCUT2D eigenvalue weighted by atomic mass is 9.64. The number of ketones is 1. The summed E-state index contributed by atoms with van der Waals surface area (Å²) in [6.07, 6.45) is 10.3. The Kier molecular flexibility index (Phi) is 9.33. The van der Waals surface area contributed by atoms with Crippen molar-refractivity contribution in [1.29, 1.82) is 0 Å². The quantitative estimate of drug-likeness (QED) is 0.187. The van der Waals surface area contributed by atoms with Gasteiger partial charge in [0.05, 0.1) is 0 Å². The van der Waals surface area contributed by atoms with Crippen LogP contribution >= 0.6 is 0 Å². The largest absolute Gasteiger partial charge is 0.462 e. The van der Waals surface area contributed by atoms with Crippen molar-refractivity contribution >= 4 is 11.8 Å². The number of unbranched alkanes of at least 4 members (excludes halogenated alkanes) is 1. The van der Waals surface area contributed by atoms with Gasteiger partial charge < -0.3 is 4.74 Å². The molecule has 0 aliphatic heterocycles. The highest BCUT2D eigenvalue weighted by atomic mass is 16.5. The molecule has 1 saturated carbocycles. The fourth-order valence-electron chi connectivity index (χ4n) is 4.64. The van der Waals surface area contributed by atoms with Gasteiger partial charge in [0, 0.05) is 12.3 Å². The Labute approximate surface area is 183 Å². The summed E-state index contributed by atoms with van der Waals surface area (Å²) < 4.78 is 6.04. The summed E-state index contributed by atoms with van der Waals surface area (Å²) in [6.45, 7) is 10.5. The van der Waals surface area contributed by atoms with Crippen molar-refractivity contribution in [3.8, 4) is 0 Å². The molecule has 1 unspecified atom stereocenters. The Morgan fingerprint density at radius 3 is 2.53 bits per heavy atom. The van der Waals surface area contributed by atoms with Gasteiger partial charge in [0.2, 0.25) is 0 Å². The maximum Gasteiger partial charge on any atom is 0.316 e. The average molecular weight is 413 g/mol. The molecule has 166 valence electrons. The van der Waals surface area contributed by atoms with E-state index in [2.05, 4.69) is 64.1 Å². The zero-order valence-corrected chi connectivity index (χ0v) is 19.5. The summed E-state index contributed by atoms with van der Waals surface area (Å²) in [4.78, 5) is 25.3. The van der Waals surface area contributed by atoms with E-state index in [0.29, 0.717) is 12.3 Å². The molecule has 3 heteroatoms. The number of benzene rings is 1. The van der Waals surface area contributed by atoms with E-state index in [0.717, 1.165) is 38.5 Å². The van der Waals surface area contributed by atoms with E-state index in [1.807, 2.05) is 6.07 Å². The van der Waals surface area contributed by atoms with Crippen LogP contribution in [0.2, 0.25) is 0 Å². The molecule has 4 atom stereocenters. The van der Waals surface area contributed by atoms with Crippen LogP contribution in [-0.2, 0) is 19.7 Å². The van der Waals surface area contributed by atoms with Gasteiger partial charge in [-0.25, -0.2) is 0 Å². The monoisotopic (exact) mass is 412 g/mol. The number of allylic oxidation sites excluding steroid dienone is 2. The van der Waals surface area contributed by atoms with Crippen LogP contribution in [0.1, 0.15) is 85.1 Å². The second-order valence-corrected chi connectivity index (χ2v) is 9.55. The van der Waals surface area contributed by atoms with Crippen LogP contribution in [0, 0.1) is 17.8 Å². The Hall–Kier alpha value is -1.90. The van der Waals surface area contributed by atoms with E-state index in [1.165, 1.54) is 5.56 Å². The first-order chi connectivity index (χ1) is 14.3. The van der Waals surface area contributed by atoms with Gasteiger partial charge in [0.1, 0.15) is 17.8 Å². The van der Waals surface area contributed by atoms with Crippen LogP contribution in [-0.4, -0.2) is 17.9 Å². The molecule has 3 nitrogen and oxygen atoms in total. The van der Waals surface area contributed by atoms with E-state index >= 15 is 0 Å². The fraction of sp³-hybridized carbons (Fsp3) is 0.630. The van der Waals surface area contributed by atoms with Gasteiger partial charge >= 0.3 is 5.97 Å². The van der Waals surface area contributed by atoms with E-state index < -0.39 is 5.92 Å². The Bertz CT molecular complexity index is 704. The minimum absolute atomic E-state index is 0.00683. The lowest BCUT2D eigenvalue weighted by Crippen LogP contribution is -2.44. The van der Waals surface area contributed by atoms with Gasteiger partial charge in [-0.1, -0.05) is 76.6 Å². The third-order valence-electron chi connectivity index (χ3n) is 6.80. The summed E-state index contributed by atoms with van der Waals surface area (Å²) in [5.41, 5.74) is 1.18. The van der Waals surface area contributed by atoms with Gasteiger partial charge in [-0.2, -0.15) is 0 Å². The van der Waals surface area contributed by atoms with Crippen molar-refractivity contribution in [3.05, 3.63) is 48.0 Å². The molecule has 0 heterocycles. The van der Waals surface area contributed by atoms with Gasteiger partial charge in [0.15, 0.2) is 0 Å². The Morgan fingerprint density at radius 1 is 1.17 bits per heavy atom. The normalized spacial score (nSPS) is 23.3. The maximum atomic E-state index is 12.8. The molecular formula is C27H40O3. The van der Waals surface area contributed by atoms with Gasteiger partial charge in [-0.3, -0.25) is 9.59 Å².